The maximum absolute atomic E-state index is 6.57. The summed E-state index contributed by atoms with van der Waals surface area (Å²) in [4.78, 5) is 1.41. The van der Waals surface area contributed by atoms with Crippen LogP contribution in [-0.2, 0) is 6.42 Å². The van der Waals surface area contributed by atoms with Crippen molar-refractivity contribution in [1.29, 1.82) is 0 Å². The fourth-order valence-electron chi connectivity index (χ4n) is 2.99. The lowest BCUT2D eigenvalue weighted by atomic mass is 9.67. The molecule has 1 aliphatic rings. The molecule has 0 radical (unpaired) electrons. The highest BCUT2D eigenvalue weighted by molar-refractivity contribution is 9.11. The van der Waals surface area contributed by atoms with E-state index in [-0.39, 0.29) is 5.54 Å². The van der Waals surface area contributed by atoms with E-state index >= 15 is 0 Å². The van der Waals surface area contributed by atoms with E-state index in [0.29, 0.717) is 5.41 Å². The molecule has 0 amide bonds. The first-order chi connectivity index (χ1) is 7.39. The monoisotopic (exact) mass is 301 g/mol. The second kappa shape index (κ2) is 4.43. The smallest absolute Gasteiger partial charge is 0.0701 e. The van der Waals surface area contributed by atoms with Crippen molar-refractivity contribution in [1.82, 2.24) is 0 Å². The summed E-state index contributed by atoms with van der Waals surface area (Å²) < 4.78 is 1.21. The molecule has 1 aromatic rings. The molecule has 90 valence electrons. The van der Waals surface area contributed by atoms with Crippen LogP contribution < -0.4 is 5.73 Å². The van der Waals surface area contributed by atoms with Crippen LogP contribution in [0.5, 0.6) is 0 Å². The molecule has 2 rings (SSSR count). The molecule has 1 nitrogen and oxygen atoms in total. The number of hydrogen-bond acceptors (Lipinski definition) is 2. The van der Waals surface area contributed by atoms with Gasteiger partial charge in [-0.3, -0.25) is 0 Å². The van der Waals surface area contributed by atoms with Crippen molar-refractivity contribution >= 4 is 27.3 Å². The second-order valence-electron chi connectivity index (χ2n) is 5.94. The number of thiophene rings is 1. The minimum atomic E-state index is 0.0199. The minimum Gasteiger partial charge on any atom is -0.325 e. The van der Waals surface area contributed by atoms with Crippen LogP contribution in [0.15, 0.2) is 15.9 Å². The van der Waals surface area contributed by atoms with Crippen molar-refractivity contribution in [3.8, 4) is 0 Å². The highest BCUT2D eigenvalue weighted by Gasteiger charge is 2.37. The molecule has 2 N–H and O–H groups in total. The van der Waals surface area contributed by atoms with Crippen LogP contribution in [-0.4, -0.2) is 5.54 Å². The SMILES string of the molecule is CC1(C)CCCC(N)(Cc2ccc(Br)s2)C1. The normalized spacial score (nSPS) is 29.2. The van der Waals surface area contributed by atoms with Crippen molar-refractivity contribution in [2.75, 3.05) is 0 Å². The number of nitrogens with two attached hydrogens (primary N) is 1. The van der Waals surface area contributed by atoms with Gasteiger partial charge in [-0.25, -0.2) is 0 Å². The maximum Gasteiger partial charge on any atom is 0.0701 e. The Bertz CT molecular complexity index is 372. The largest absolute Gasteiger partial charge is 0.325 e. The van der Waals surface area contributed by atoms with Crippen LogP contribution in [0.2, 0.25) is 0 Å². The van der Waals surface area contributed by atoms with Crippen molar-refractivity contribution in [2.24, 2.45) is 11.1 Å². The second-order valence-corrected chi connectivity index (χ2v) is 8.49. The summed E-state index contributed by atoms with van der Waals surface area (Å²) in [6.07, 6.45) is 5.95. The average Bonchev–Trinajstić information content (AvgIpc) is 2.47. The van der Waals surface area contributed by atoms with Gasteiger partial charge >= 0.3 is 0 Å². The lowest BCUT2D eigenvalue weighted by Crippen LogP contribution is -2.48. The van der Waals surface area contributed by atoms with Gasteiger partial charge in [0, 0.05) is 10.4 Å². The summed E-state index contributed by atoms with van der Waals surface area (Å²) in [5, 5.41) is 0. The van der Waals surface area contributed by atoms with E-state index in [1.54, 1.807) is 0 Å². The Hall–Kier alpha value is 0.140. The first-order valence-corrected chi connectivity index (χ1v) is 7.53. The Labute approximate surface area is 111 Å². The van der Waals surface area contributed by atoms with Gasteiger partial charge in [-0.2, -0.15) is 0 Å². The van der Waals surface area contributed by atoms with Crippen LogP contribution in [0.4, 0.5) is 0 Å². The molecule has 0 saturated heterocycles. The zero-order valence-electron chi connectivity index (χ0n) is 10.1. The van der Waals surface area contributed by atoms with Crippen LogP contribution in [0.3, 0.4) is 0 Å². The summed E-state index contributed by atoms with van der Waals surface area (Å²) in [5.41, 5.74) is 7.01. The zero-order chi connectivity index (χ0) is 11.8. The topological polar surface area (TPSA) is 26.0 Å². The predicted octanol–water partition coefficient (Wildman–Crippen LogP) is 4.35. The summed E-state index contributed by atoms with van der Waals surface area (Å²) in [6, 6.07) is 4.32. The summed E-state index contributed by atoms with van der Waals surface area (Å²) in [5.74, 6) is 0. The summed E-state index contributed by atoms with van der Waals surface area (Å²) in [6.45, 7) is 4.69. The van der Waals surface area contributed by atoms with Gasteiger partial charge in [-0.05, 0) is 59.2 Å². The van der Waals surface area contributed by atoms with Gasteiger partial charge in [-0.1, -0.05) is 20.3 Å². The van der Waals surface area contributed by atoms with Crippen LogP contribution >= 0.6 is 27.3 Å². The number of hydrogen-bond donors (Lipinski definition) is 1. The van der Waals surface area contributed by atoms with E-state index in [1.165, 1.54) is 27.9 Å². The zero-order valence-corrected chi connectivity index (χ0v) is 12.5. The molecule has 1 aromatic heterocycles. The highest BCUT2D eigenvalue weighted by atomic mass is 79.9. The summed E-state index contributed by atoms with van der Waals surface area (Å²) >= 11 is 5.33. The molecule has 0 aliphatic heterocycles. The molecule has 1 unspecified atom stereocenters. The highest BCUT2D eigenvalue weighted by Crippen LogP contribution is 2.41. The predicted molar refractivity (Wildman–Crippen MR) is 74.9 cm³/mol. The Morgan fingerprint density at radius 3 is 2.69 bits per heavy atom. The van der Waals surface area contributed by atoms with Crippen molar-refractivity contribution < 1.29 is 0 Å². The van der Waals surface area contributed by atoms with Gasteiger partial charge in [-0.15, -0.1) is 11.3 Å². The average molecular weight is 302 g/mol. The fourth-order valence-corrected chi connectivity index (χ4v) is 4.63. The fraction of sp³-hybridized carbons (Fsp3) is 0.692. The first kappa shape index (κ1) is 12.6. The quantitative estimate of drug-likeness (QED) is 0.863. The molecule has 1 atom stereocenters. The van der Waals surface area contributed by atoms with Crippen LogP contribution in [0.1, 0.15) is 44.4 Å². The first-order valence-electron chi connectivity index (χ1n) is 5.92. The van der Waals surface area contributed by atoms with E-state index in [9.17, 15) is 0 Å². The van der Waals surface area contributed by atoms with E-state index in [0.717, 1.165) is 12.8 Å². The van der Waals surface area contributed by atoms with E-state index in [2.05, 4.69) is 41.9 Å². The van der Waals surface area contributed by atoms with Gasteiger partial charge in [0.1, 0.15) is 0 Å². The van der Waals surface area contributed by atoms with E-state index in [4.69, 9.17) is 5.73 Å². The molecule has 0 bridgehead atoms. The van der Waals surface area contributed by atoms with Gasteiger partial charge in [0.15, 0.2) is 0 Å². The van der Waals surface area contributed by atoms with Gasteiger partial charge < -0.3 is 5.73 Å². The van der Waals surface area contributed by atoms with Crippen molar-refractivity contribution in [3.05, 3.63) is 20.8 Å². The Morgan fingerprint density at radius 1 is 1.38 bits per heavy atom. The third-order valence-corrected chi connectivity index (χ3v) is 5.14. The molecule has 0 spiro atoms. The lowest BCUT2D eigenvalue weighted by molar-refractivity contribution is 0.151. The van der Waals surface area contributed by atoms with Crippen LogP contribution in [0.25, 0.3) is 0 Å². The van der Waals surface area contributed by atoms with Crippen molar-refractivity contribution in [2.45, 2.75) is 51.5 Å². The van der Waals surface area contributed by atoms with Gasteiger partial charge in [0.05, 0.1) is 3.79 Å². The Balaban J connectivity index is 2.07. The van der Waals surface area contributed by atoms with Gasteiger partial charge in [0.2, 0.25) is 0 Å². The van der Waals surface area contributed by atoms with E-state index in [1.807, 2.05) is 11.3 Å². The minimum absolute atomic E-state index is 0.0199. The molecule has 1 saturated carbocycles. The third-order valence-electron chi connectivity index (χ3n) is 3.51. The lowest BCUT2D eigenvalue weighted by Gasteiger charge is -2.42. The maximum atomic E-state index is 6.57. The Morgan fingerprint density at radius 2 is 2.12 bits per heavy atom. The van der Waals surface area contributed by atoms with Gasteiger partial charge in [0.25, 0.3) is 0 Å². The molecule has 0 aromatic carbocycles. The van der Waals surface area contributed by atoms with E-state index < -0.39 is 0 Å². The Kier molecular flexibility index (Phi) is 3.49. The molecular weight excluding hydrogens is 282 g/mol. The molecule has 1 fully saturated rings. The van der Waals surface area contributed by atoms with Crippen molar-refractivity contribution in [3.63, 3.8) is 0 Å². The number of rotatable bonds is 2. The molecular formula is C13H20BrNS. The number of halogens is 1. The third kappa shape index (κ3) is 3.08. The molecule has 3 heteroatoms. The summed E-state index contributed by atoms with van der Waals surface area (Å²) in [7, 11) is 0. The molecule has 1 aliphatic carbocycles. The molecule has 1 heterocycles. The van der Waals surface area contributed by atoms with Crippen LogP contribution in [0, 0.1) is 5.41 Å². The standard InChI is InChI=1S/C13H20BrNS/c1-12(2)6-3-7-13(15,9-12)8-10-4-5-11(14)16-10/h4-5H,3,6-9,15H2,1-2H3. The molecule has 16 heavy (non-hydrogen) atoms.